The van der Waals surface area contributed by atoms with Crippen LogP contribution in [0, 0.1) is 0 Å². The van der Waals surface area contributed by atoms with E-state index < -0.39 is 0 Å². The van der Waals surface area contributed by atoms with Gasteiger partial charge in [-0.25, -0.2) is 0 Å². The van der Waals surface area contributed by atoms with E-state index in [0.29, 0.717) is 11.5 Å². The first-order valence-electron chi connectivity index (χ1n) is 21.3. The summed E-state index contributed by atoms with van der Waals surface area (Å²) in [5.74, 6) is 0.940. The third-order valence-electron chi connectivity index (χ3n) is 10.4. The fraction of sp³-hybridized carbons (Fsp3) is 0.745. The van der Waals surface area contributed by atoms with Gasteiger partial charge in [0.15, 0.2) is 0 Å². The Labute approximate surface area is 327 Å². The van der Waals surface area contributed by atoms with Crippen LogP contribution in [-0.4, -0.2) is 62.6 Å². The Bertz CT molecular complexity index is 1150. The lowest BCUT2D eigenvalue weighted by Crippen LogP contribution is -2.22. The quantitative estimate of drug-likeness (QED) is 0.0602. The number of nitrogens with one attached hydrogen (secondary N) is 4. The highest BCUT2D eigenvalue weighted by molar-refractivity contribution is 5.51. The summed E-state index contributed by atoms with van der Waals surface area (Å²) in [6.07, 6.45) is 13.3. The van der Waals surface area contributed by atoms with Crippen molar-refractivity contribution in [3.63, 3.8) is 0 Å². The maximum atomic E-state index is 11.0. The maximum absolute atomic E-state index is 11.0. The molecule has 6 N–H and O–H groups in total. The van der Waals surface area contributed by atoms with Crippen LogP contribution in [0.2, 0.25) is 0 Å². The minimum Gasteiger partial charge on any atom is -0.507 e. The number of hydrogen-bond acceptors (Lipinski definition) is 6. The highest BCUT2D eigenvalue weighted by atomic mass is 16.3. The molecule has 6 heteroatoms. The van der Waals surface area contributed by atoms with Gasteiger partial charge >= 0.3 is 0 Å². The van der Waals surface area contributed by atoms with Crippen molar-refractivity contribution < 1.29 is 10.2 Å². The monoisotopic (exact) mass is 737 g/mol. The number of unbranched alkanes of at least 4 members (excludes halogenated alkanes) is 6. The zero-order valence-corrected chi connectivity index (χ0v) is 36.6. The Kier molecular flexibility index (Phi) is 19.9. The molecule has 0 spiro atoms. The Morgan fingerprint density at radius 2 is 0.547 bits per heavy atom. The van der Waals surface area contributed by atoms with Crippen molar-refractivity contribution in [3.05, 3.63) is 57.6 Å². The molecule has 304 valence electrons. The van der Waals surface area contributed by atoms with Crippen LogP contribution in [0.25, 0.3) is 0 Å². The molecular formula is C47H84N4O2. The van der Waals surface area contributed by atoms with Crippen LogP contribution in [0.4, 0.5) is 0 Å². The molecule has 0 unspecified atom stereocenters. The molecule has 0 aromatic heterocycles. The minimum atomic E-state index is -0.0782. The first-order chi connectivity index (χ1) is 24.7. The summed E-state index contributed by atoms with van der Waals surface area (Å²) in [6.45, 7) is 34.7. The molecule has 53 heavy (non-hydrogen) atoms. The Morgan fingerprint density at radius 1 is 0.340 bits per heavy atom. The lowest BCUT2D eigenvalue weighted by Gasteiger charge is -2.28. The minimum absolute atomic E-state index is 0.0782. The summed E-state index contributed by atoms with van der Waals surface area (Å²) in [6, 6.07) is 8.84. The summed E-state index contributed by atoms with van der Waals surface area (Å²) >= 11 is 0. The first-order valence-corrected chi connectivity index (χ1v) is 21.3. The van der Waals surface area contributed by atoms with Gasteiger partial charge in [0, 0.05) is 0 Å². The van der Waals surface area contributed by atoms with Gasteiger partial charge in [-0.05, 0) is 159 Å². The molecule has 2 aromatic carbocycles. The lowest BCUT2D eigenvalue weighted by atomic mass is 9.78. The maximum Gasteiger partial charge on any atom is 0.123 e. The van der Waals surface area contributed by atoms with Gasteiger partial charge in [-0.15, -0.1) is 0 Å². The molecule has 0 aliphatic heterocycles. The number of benzene rings is 2. The van der Waals surface area contributed by atoms with Crippen LogP contribution in [0.1, 0.15) is 174 Å². The van der Waals surface area contributed by atoms with Crippen molar-refractivity contribution in [2.45, 2.75) is 175 Å². The molecule has 0 saturated carbocycles. The number of hydrogen-bond donors (Lipinski definition) is 6. The van der Waals surface area contributed by atoms with Crippen LogP contribution in [0.15, 0.2) is 24.3 Å². The van der Waals surface area contributed by atoms with Crippen LogP contribution in [0.5, 0.6) is 11.5 Å². The van der Waals surface area contributed by atoms with E-state index >= 15 is 0 Å². The highest BCUT2D eigenvalue weighted by Gasteiger charge is 2.27. The van der Waals surface area contributed by atoms with Crippen molar-refractivity contribution in [2.24, 2.45) is 0 Å². The van der Waals surface area contributed by atoms with E-state index in [2.05, 4.69) is 129 Å². The summed E-state index contributed by atoms with van der Waals surface area (Å²) in [4.78, 5) is 0. The van der Waals surface area contributed by atoms with Crippen LogP contribution >= 0.6 is 0 Å². The summed E-state index contributed by atoms with van der Waals surface area (Å²) in [7, 11) is 0. The Morgan fingerprint density at radius 3 is 0.792 bits per heavy atom. The SMILES string of the molecule is CC(C)(C)c1cc(CCNCCCCNCCCCCCCNCCCCNCCc2cc(C(C)(C)C)c(O)c(C(C)(C)C)c2)cc(C(C)(C)C)c1O. The summed E-state index contributed by atoms with van der Waals surface area (Å²) in [5.41, 5.74) is 6.53. The third-order valence-corrected chi connectivity index (χ3v) is 10.4. The van der Waals surface area contributed by atoms with Gasteiger partial charge in [-0.1, -0.05) is 127 Å². The molecular weight excluding hydrogens is 653 g/mol. The van der Waals surface area contributed by atoms with Gasteiger partial charge in [-0.3, -0.25) is 0 Å². The average molecular weight is 737 g/mol. The van der Waals surface area contributed by atoms with Gasteiger partial charge in [0.2, 0.25) is 0 Å². The zero-order valence-electron chi connectivity index (χ0n) is 36.6. The number of phenols is 2. The second kappa shape index (κ2) is 22.4. The van der Waals surface area contributed by atoms with E-state index in [4.69, 9.17) is 0 Å². The predicted molar refractivity (Wildman–Crippen MR) is 231 cm³/mol. The fourth-order valence-electron chi connectivity index (χ4n) is 6.96. The van der Waals surface area contributed by atoms with Gasteiger partial charge in [0.1, 0.15) is 11.5 Å². The molecule has 0 radical (unpaired) electrons. The van der Waals surface area contributed by atoms with Crippen LogP contribution < -0.4 is 21.3 Å². The largest absolute Gasteiger partial charge is 0.507 e. The molecule has 0 fully saturated rings. The van der Waals surface area contributed by atoms with Crippen molar-refractivity contribution >= 4 is 0 Å². The summed E-state index contributed by atoms with van der Waals surface area (Å²) < 4.78 is 0. The highest BCUT2D eigenvalue weighted by Crippen LogP contribution is 2.41. The zero-order chi connectivity index (χ0) is 39.7. The second-order valence-electron chi connectivity index (χ2n) is 19.8. The van der Waals surface area contributed by atoms with Crippen molar-refractivity contribution in [2.75, 3.05) is 52.4 Å². The lowest BCUT2D eigenvalue weighted by molar-refractivity contribution is 0.421. The molecule has 0 aliphatic rings. The van der Waals surface area contributed by atoms with E-state index in [0.717, 1.165) is 87.5 Å². The first kappa shape index (κ1) is 47.0. The predicted octanol–water partition coefficient (Wildman–Crippen LogP) is 9.94. The smallest absolute Gasteiger partial charge is 0.123 e. The molecule has 0 aliphatic carbocycles. The van der Waals surface area contributed by atoms with Gasteiger partial charge < -0.3 is 31.5 Å². The molecule has 0 saturated heterocycles. The van der Waals surface area contributed by atoms with E-state index in [1.807, 2.05) is 0 Å². The number of phenolic OH excluding ortho intramolecular Hbond substituents is 2. The van der Waals surface area contributed by atoms with Crippen molar-refractivity contribution in [1.82, 2.24) is 21.3 Å². The van der Waals surface area contributed by atoms with E-state index in [-0.39, 0.29) is 21.7 Å². The van der Waals surface area contributed by atoms with Gasteiger partial charge in [0.05, 0.1) is 0 Å². The third kappa shape index (κ3) is 17.9. The second-order valence-corrected chi connectivity index (χ2v) is 19.8. The standard InChI is InChI=1S/C47H84N4O2/c1-44(2,3)38-32-36(33-39(42(38)52)45(4,5)6)22-30-50-28-20-18-26-48-24-16-14-13-15-17-25-49-27-19-21-29-51-31-23-37-34-40(46(7,8)9)43(53)41(35-37)47(10,11)12/h32-35,48-53H,13-31H2,1-12H3. The summed E-state index contributed by atoms with van der Waals surface area (Å²) in [5, 5.41) is 36.5. The fourth-order valence-corrected chi connectivity index (χ4v) is 6.96. The molecule has 2 aromatic rings. The van der Waals surface area contributed by atoms with Gasteiger partial charge in [0.25, 0.3) is 0 Å². The van der Waals surface area contributed by atoms with E-state index in [1.165, 1.54) is 68.9 Å². The van der Waals surface area contributed by atoms with Crippen molar-refractivity contribution in [3.8, 4) is 11.5 Å². The van der Waals surface area contributed by atoms with Gasteiger partial charge in [-0.2, -0.15) is 0 Å². The molecule has 2 rings (SSSR count). The molecule has 0 bridgehead atoms. The van der Waals surface area contributed by atoms with E-state index in [9.17, 15) is 10.2 Å². The Hall–Kier alpha value is -2.12. The molecule has 0 atom stereocenters. The van der Waals surface area contributed by atoms with E-state index in [1.54, 1.807) is 0 Å². The molecule has 6 nitrogen and oxygen atoms in total. The van der Waals surface area contributed by atoms with Crippen molar-refractivity contribution in [1.29, 1.82) is 0 Å². The van der Waals surface area contributed by atoms with Crippen LogP contribution in [-0.2, 0) is 34.5 Å². The Balaban J connectivity index is 1.41. The normalized spacial score (nSPS) is 12.9. The number of rotatable bonds is 24. The molecule has 0 heterocycles. The number of aromatic hydroxyl groups is 2. The average Bonchev–Trinajstić information content (AvgIpc) is 3.04. The molecule has 0 amide bonds. The van der Waals surface area contributed by atoms with Crippen LogP contribution in [0.3, 0.4) is 0 Å². The topological polar surface area (TPSA) is 88.6 Å².